The molecule has 0 radical (unpaired) electrons. The molecule has 1 heterocycles. The summed E-state index contributed by atoms with van der Waals surface area (Å²) in [7, 11) is 1.92. The number of ether oxygens (including phenoxy) is 2. The summed E-state index contributed by atoms with van der Waals surface area (Å²) in [6.45, 7) is 1.18. The van der Waals surface area contributed by atoms with Gasteiger partial charge in [-0.05, 0) is 31.6 Å². The van der Waals surface area contributed by atoms with Crippen LogP contribution < -0.4 is 14.8 Å². The molecule has 0 fully saturated rings. The molecule has 0 atom stereocenters. The Bertz CT molecular complexity index is 341. The van der Waals surface area contributed by atoms with Crippen molar-refractivity contribution in [2.24, 2.45) is 0 Å². The van der Waals surface area contributed by atoms with Crippen LogP contribution in [0.1, 0.15) is 5.56 Å². The Labute approximate surface area is 88.0 Å². The number of halogens is 1. The van der Waals surface area contributed by atoms with Gasteiger partial charge in [0.1, 0.15) is 0 Å². The highest BCUT2D eigenvalue weighted by atomic mass is 35.5. The van der Waals surface area contributed by atoms with E-state index in [1.165, 1.54) is 0 Å². The maximum Gasteiger partial charge on any atom is 0.231 e. The van der Waals surface area contributed by atoms with E-state index in [1.54, 1.807) is 0 Å². The zero-order valence-corrected chi connectivity index (χ0v) is 8.73. The summed E-state index contributed by atoms with van der Waals surface area (Å²) in [6.07, 6.45) is 0.916. The lowest BCUT2D eigenvalue weighted by Gasteiger charge is -2.06. The highest BCUT2D eigenvalue weighted by molar-refractivity contribution is 6.32. The molecule has 0 aromatic heterocycles. The molecule has 3 nitrogen and oxygen atoms in total. The first-order valence-electron chi connectivity index (χ1n) is 4.54. The largest absolute Gasteiger partial charge is 0.453 e. The lowest BCUT2D eigenvalue weighted by atomic mass is 10.1. The first-order chi connectivity index (χ1) is 6.83. The van der Waals surface area contributed by atoms with Crippen LogP contribution in [0.3, 0.4) is 0 Å². The first kappa shape index (κ1) is 9.62. The Hall–Kier alpha value is -0.930. The van der Waals surface area contributed by atoms with Gasteiger partial charge in [0.25, 0.3) is 0 Å². The molecule has 0 amide bonds. The van der Waals surface area contributed by atoms with Crippen molar-refractivity contribution in [1.29, 1.82) is 0 Å². The van der Waals surface area contributed by atoms with Gasteiger partial charge in [-0.15, -0.1) is 0 Å². The lowest BCUT2D eigenvalue weighted by molar-refractivity contribution is 0.173. The monoisotopic (exact) mass is 213 g/mol. The molecule has 1 aromatic rings. The van der Waals surface area contributed by atoms with Crippen LogP contribution in [0.5, 0.6) is 11.5 Å². The standard InChI is InChI=1S/C10H12ClNO2/c1-12-5-4-7-2-3-8(11)10-9(7)13-6-14-10/h2-3,12H,4-6H2,1H3. The zero-order chi connectivity index (χ0) is 9.97. The smallest absolute Gasteiger partial charge is 0.231 e. The van der Waals surface area contributed by atoms with Crippen LogP contribution in [-0.2, 0) is 6.42 Å². The third-order valence-electron chi connectivity index (χ3n) is 2.20. The third-order valence-corrected chi connectivity index (χ3v) is 2.49. The Kier molecular flexibility index (Phi) is 2.79. The first-order valence-corrected chi connectivity index (χ1v) is 4.92. The van der Waals surface area contributed by atoms with Gasteiger partial charge in [0.15, 0.2) is 11.5 Å². The summed E-state index contributed by atoms with van der Waals surface area (Å²) in [5, 5.41) is 3.71. The topological polar surface area (TPSA) is 30.5 Å². The van der Waals surface area contributed by atoms with Crippen molar-refractivity contribution in [3.05, 3.63) is 22.7 Å². The summed E-state index contributed by atoms with van der Waals surface area (Å²) in [4.78, 5) is 0. The molecule has 76 valence electrons. The molecule has 1 N–H and O–H groups in total. The van der Waals surface area contributed by atoms with Crippen molar-refractivity contribution in [1.82, 2.24) is 5.32 Å². The average molecular weight is 214 g/mol. The van der Waals surface area contributed by atoms with Gasteiger partial charge in [-0.25, -0.2) is 0 Å². The van der Waals surface area contributed by atoms with E-state index in [-0.39, 0.29) is 6.79 Å². The van der Waals surface area contributed by atoms with Gasteiger partial charge in [0, 0.05) is 0 Å². The number of rotatable bonds is 3. The van der Waals surface area contributed by atoms with E-state index >= 15 is 0 Å². The maximum absolute atomic E-state index is 5.96. The van der Waals surface area contributed by atoms with Gasteiger partial charge >= 0.3 is 0 Å². The van der Waals surface area contributed by atoms with Crippen LogP contribution in [0.25, 0.3) is 0 Å². The highest BCUT2D eigenvalue weighted by Gasteiger charge is 2.20. The third kappa shape index (κ3) is 1.65. The Morgan fingerprint density at radius 1 is 1.36 bits per heavy atom. The quantitative estimate of drug-likeness (QED) is 0.831. The summed E-state index contributed by atoms with van der Waals surface area (Å²) >= 11 is 5.96. The minimum absolute atomic E-state index is 0.269. The fourth-order valence-electron chi connectivity index (χ4n) is 1.48. The molecule has 2 rings (SSSR count). The average Bonchev–Trinajstić information content (AvgIpc) is 2.66. The normalized spacial score (nSPS) is 13.3. The summed E-state index contributed by atoms with van der Waals surface area (Å²) in [5.74, 6) is 1.48. The molecule has 0 saturated heterocycles. The summed E-state index contributed by atoms with van der Waals surface area (Å²) in [5.41, 5.74) is 1.14. The van der Waals surface area contributed by atoms with E-state index in [9.17, 15) is 0 Å². The molecule has 1 aliphatic rings. The predicted molar refractivity (Wildman–Crippen MR) is 55.2 cm³/mol. The highest BCUT2D eigenvalue weighted by Crippen LogP contribution is 2.41. The number of benzene rings is 1. The molecule has 0 bridgehead atoms. The van der Waals surface area contributed by atoms with Crippen molar-refractivity contribution in [3.8, 4) is 11.5 Å². The summed E-state index contributed by atoms with van der Waals surface area (Å²) < 4.78 is 10.6. The second-order valence-corrected chi connectivity index (χ2v) is 3.53. The maximum atomic E-state index is 5.96. The number of hydrogen-bond donors (Lipinski definition) is 1. The molecule has 0 unspecified atom stereocenters. The SMILES string of the molecule is CNCCc1ccc(Cl)c2c1OCO2. The van der Waals surface area contributed by atoms with Crippen LogP contribution in [0.15, 0.2) is 12.1 Å². The van der Waals surface area contributed by atoms with E-state index in [0.29, 0.717) is 10.8 Å². The molecule has 14 heavy (non-hydrogen) atoms. The minimum atomic E-state index is 0.269. The summed E-state index contributed by atoms with van der Waals surface area (Å²) in [6, 6.07) is 3.83. The molecule has 1 aliphatic heterocycles. The van der Waals surface area contributed by atoms with Crippen LogP contribution in [0, 0.1) is 0 Å². The van der Waals surface area contributed by atoms with E-state index in [2.05, 4.69) is 5.32 Å². The van der Waals surface area contributed by atoms with Gasteiger partial charge in [-0.1, -0.05) is 17.7 Å². The second kappa shape index (κ2) is 4.07. The number of fused-ring (bicyclic) bond motifs is 1. The van der Waals surface area contributed by atoms with Crippen LogP contribution in [-0.4, -0.2) is 20.4 Å². The van der Waals surface area contributed by atoms with Crippen molar-refractivity contribution in [2.75, 3.05) is 20.4 Å². The van der Waals surface area contributed by atoms with Gasteiger partial charge in [-0.3, -0.25) is 0 Å². The molecular weight excluding hydrogens is 202 g/mol. The Morgan fingerprint density at radius 2 is 2.14 bits per heavy atom. The zero-order valence-electron chi connectivity index (χ0n) is 7.97. The molecule has 0 saturated carbocycles. The lowest BCUT2D eigenvalue weighted by Crippen LogP contribution is -2.10. The van der Waals surface area contributed by atoms with Gasteiger partial charge in [-0.2, -0.15) is 0 Å². The molecule has 0 spiro atoms. The van der Waals surface area contributed by atoms with E-state index in [0.717, 1.165) is 24.3 Å². The molecule has 0 aliphatic carbocycles. The number of likely N-dealkylation sites (N-methyl/N-ethyl adjacent to an activating group) is 1. The van der Waals surface area contributed by atoms with E-state index < -0.39 is 0 Å². The van der Waals surface area contributed by atoms with Crippen LogP contribution >= 0.6 is 11.6 Å². The van der Waals surface area contributed by atoms with Crippen molar-refractivity contribution < 1.29 is 9.47 Å². The fourth-order valence-corrected chi connectivity index (χ4v) is 1.68. The van der Waals surface area contributed by atoms with Crippen molar-refractivity contribution in [2.45, 2.75) is 6.42 Å². The molecule has 4 heteroatoms. The predicted octanol–water partition coefficient (Wildman–Crippen LogP) is 1.83. The van der Waals surface area contributed by atoms with E-state index in [4.69, 9.17) is 21.1 Å². The van der Waals surface area contributed by atoms with E-state index in [1.807, 2.05) is 19.2 Å². The molecular formula is C10H12ClNO2. The number of hydrogen-bond acceptors (Lipinski definition) is 3. The number of nitrogens with one attached hydrogen (secondary N) is 1. The Balaban J connectivity index is 2.29. The van der Waals surface area contributed by atoms with Gasteiger partial charge in [0.05, 0.1) is 5.02 Å². The van der Waals surface area contributed by atoms with Crippen LogP contribution in [0.2, 0.25) is 5.02 Å². The van der Waals surface area contributed by atoms with Gasteiger partial charge < -0.3 is 14.8 Å². The van der Waals surface area contributed by atoms with Crippen molar-refractivity contribution in [3.63, 3.8) is 0 Å². The van der Waals surface area contributed by atoms with Gasteiger partial charge in [0.2, 0.25) is 6.79 Å². The fraction of sp³-hybridized carbons (Fsp3) is 0.400. The van der Waals surface area contributed by atoms with Crippen molar-refractivity contribution >= 4 is 11.6 Å². The molecule has 1 aromatic carbocycles. The second-order valence-electron chi connectivity index (χ2n) is 3.12. The van der Waals surface area contributed by atoms with Crippen LogP contribution in [0.4, 0.5) is 0 Å². The minimum Gasteiger partial charge on any atom is -0.453 e. The Morgan fingerprint density at radius 3 is 2.93 bits per heavy atom.